The van der Waals surface area contributed by atoms with Crippen molar-refractivity contribution in [1.29, 1.82) is 0 Å². The second-order valence-corrected chi connectivity index (χ2v) is 5.63. The molecule has 1 N–H and O–H groups in total. The average molecular weight is 288 g/mol. The molecule has 4 nitrogen and oxygen atoms in total. The molecular weight excluding hydrogens is 264 g/mol. The summed E-state index contributed by atoms with van der Waals surface area (Å²) in [6.45, 7) is 4.98. The van der Waals surface area contributed by atoms with Crippen LogP contribution in [0.4, 0.5) is 0 Å². The Kier molecular flexibility index (Phi) is 5.37. The summed E-state index contributed by atoms with van der Waals surface area (Å²) in [6.07, 6.45) is 2.66. The summed E-state index contributed by atoms with van der Waals surface area (Å²) in [5.74, 6) is 0.294. The molecule has 2 atom stereocenters. The number of benzene rings is 1. The normalized spacial score (nSPS) is 19.3. The van der Waals surface area contributed by atoms with Gasteiger partial charge in [0.15, 0.2) is 0 Å². The molecule has 2 rings (SSSR count). The zero-order chi connectivity index (χ0) is 15.2. The molecular formula is C17H24N2O2. The van der Waals surface area contributed by atoms with E-state index in [1.54, 1.807) is 4.90 Å². The van der Waals surface area contributed by atoms with Crippen molar-refractivity contribution in [2.75, 3.05) is 13.1 Å². The van der Waals surface area contributed by atoms with Crippen molar-refractivity contribution < 1.29 is 9.59 Å². The molecule has 1 heterocycles. The standard InChI is InChI=1S/C17H24N2O2/c1-3-14(15-8-5-4-6-9-15)12-18-17(21)16-10-7-11-19(16)13(2)20/h4-6,8-9,14,16H,3,7,10-12H2,1-2H3,(H,18,21)/t14-,16-/m1/s1. The van der Waals surface area contributed by atoms with Crippen molar-refractivity contribution in [3.05, 3.63) is 35.9 Å². The van der Waals surface area contributed by atoms with E-state index in [9.17, 15) is 9.59 Å². The third kappa shape index (κ3) is 3.84. The van der Waals surface area contributed by atoms with Crippen molar-refractivity contribution in [2.24, 2.45) is 0 Å². The topological polar surface area (TPSA) is 49.4 Å². The molecule has 21 heavy (non-hydrogen) atoms. The maximum atomic E-state index is 12.3. The van der Waals surface area contributed by atoms with Gasteiger partial charge in [0.2, 0.25) is 11.8 Å². The third-order valence-electron chi connectivity index (χ3n) is 4.25. The molecule has 2 amide bonds. The van der Waals surface area contributed by atoms with Gasteiger partial charge < -0.3 is 10.2 Å². The number of likely N-dealkylation sites (tertiary alicyclic amines) is 1. The molecule has 0 aliphatic carbocycles. The van der Waals surface area contributed by atoms with Gasteiger partial charge in [-0.15, -0.1) is 0 Å². The first kappa shape index (κ1) is 15.5. The number of rotatable bonds is 5. The predicted molar refractivity (Wildman–Crippen MR) is 82.9 cm³/mol. The van der Waals surface area contributed by atoms with E-state index in [1.807, 2.05) is 18.2 Å². The smallest absolute Gasteiger partial charge is 0.242 e. The lowest BCUT2D eigenvalue weighted by molar-refractivity contribution is -0.136. The highest BCUT2D eigenvalue weighted by atomic mass is 16.2. The van der Waals surface area contributed by atoms with E-state index in [4.69, 9.17) is 0 Å². The number of carbonyl (C=O) groups is 2. The van der Waals surface area contributed by atoms with Gasteiger partial charge in [0.25, 0.3) is 0 Å². The Morgan fingerprint density at radius 2 is 2.05 bits per heavy atom. The van der Waals surface area contributed by atoms with Crippen LogP contribution < -0.4 is 5.32 Å². The molecule has 0 saturated carbocycles. The second-order valence-electron chi connectivity index (χ2n) is 5.63. The summed E-state index contributed by atoms with van der Waals surface area (Å²) in [7, 11) is 0. The fourth-order valence-corrected chi connectivity index (χ4v) is 2.98. The monoisotopic (exact) mass is 288 g/mol. The van der Waals surface area contributed by atoms with Gasteiger partial charge in [-0.05, 0) is 24.8 Å². The summed E-state index contributed by atoms with van der Waals surface area (Å²) < 4.78 is 0. The maximum absolute atomic E-state index is 12.3. The lowest BCUT2D eigenvalue weighted by Gasteiger charge is -2.24. The van der Waals surface area contributed by atoms with E-state index in [0.717, 1.165) is 19.3 Å². The second kappa shape index (κ2) is 7.25. The SMILES string of the molecule is CC[C@H](CNC(=O)[C@H]1CCCN1C(C)=O)c1ccccc1. The van der Waals surface area contributed by atoms with Crippen molar-refractivity contribution in [3.8, 4) is 0 Å². The molecule has 1 aromatic rings. The zero-order valence-electron chi connectivity index (χ0n) is 12.8. The van der Waals surface area contributed by atoms with Crippen LogP contribution in [0.3, 0.4) is 0 Å². The largest absolute Gasteiger partial charge is 0.354 e. The first-order valence-corrected chi connectivity index (χ1v) is 7.73. The summed E-state index contributed by atoms with van der Waals surface area (Å²) in [5.41, 5.74) is 1.25. The molecule has 0 unspecified atom stereocenters. The van der Waals surface area contributed by atoms with Crippen LogP contribution in [0.1, 0.15) is 44.6 Å². The fourth-order valence-electron chi connectivity index (χ4n) is 2.98. The Hall–Kier alpha value is -1.84. The van der Waals surface area contributed by atoms with Gasteiger partial charge in [0.1, 0.15) is 6.04 Å². The van der Waals surface area contributed by atoms with Crippen LogP contribution in [0.15, 0.2) is 30.3 Å². The van der Waals surface area contributed by atoms with Gasteiger partial charge in [0, 0.05) is 25.9 Å². The molecule has 1 aromatic carbocycles. The highest BCUT2D eigenvalue weighted by molar-refractivity contribution is 5.87. The van der Waals surface area contributed by atoms with Crippen LogP contribution in [-0.2, 0) is 9.59 Å². The number of nitrogens with zero attached hydrogens (tertiary/aromatic N) is 1. The summed E-state index contributed by atoms with van der Waals surface area (Å²) in [6, 6.07) is 9.95. The van der Waals surface area contributed by atoms with Crippen LogP contribution in [0.5, 0.6) is 0 Å². The molecule has 0 aromatic heterocycles. The van der Waals surface area contributed by atoms with Crippen molar-refractivity contribution in [3.63, 3.8) is 0 Å². The van der Waals surface area contributed by atoms with Gasteiger partial charge in [-0.3, -0.25) is 9.59 Å². The molecule has 0 bridgehead atoms. The molecule has 114 valence electrons. The third-order valence-corrected chi connectivity index (χ3v) is 4.25. The highest BCUT2D eigenvalue weighted by Gasteiger charge is 2.32. The maximum Gasteiger partial charge on any atom is 0.242 e. The Morgan fingerprint density at radius 3 is 2.67 bits per heavy atom. The van der Waals surface area contributed by atoms with Crippen LogP contribution >= 0.6 is 0 Å². The minimum atomic E-state index is -0.282. The van der Waals surface area contributed by atoms with E-state index >= 15 is 0 Å². The van der Waals surface area contributed by atoms with E-state index in [-0.39, 0.29) is 17.9 Å². The van der Waals surface area contributed by atoms with Gasteiger partial charge in [-0.1, -0.05) is 37.3 Å². The first-order chi connectivity index (χ1) is 10.1. The molecule has 1 fully saturated rings. The van der Waals surface area contributed by atoms with Gasteiger partial charge in [-0.2, -0.15) is 0 Å². The van der Waals surface area contributed by atoms with Gasteiger partial charge in [-0.25, -0.2) is 0 Å². The Bertz CT molecular complexity index is 487. The van der Waals surface area contributed by atoms with Crippen molar-refractivity contribution in [2.45, 2.75) is 45.1 Å². The molecule has 0 radical (unpaired) electrons. The van der Waals surface area contributed by atoms with E-state index < -0.39 is 0 Å². The van der Waals surface area contributed by atoms with Gasteiger partial charge in [0.05, 0.1) is 0 Å². The zero-order valence-corrected chi connectivity index (χ0v) is 12.8. The molecule has 0 spiro atoms. The van der Waals surface area contributed by atoms with Crippen molar-refractivity contribution >= 4 is 11.8 Å². The van der Waals surface area contributed by atoms with E-state index in [1.165, 1.54) is 12.5 Å². The Morgan fingerprint density at radius 1 is 1.33 bits per heavy atom. The number of nitrogens with one attached hydrogen (secondary N) is 1. The summed E-state index contributed by atoms with van der Waals surface area (Å²) in [5, 5.41) is 3.03. The quantitative estimate of drug-likeness (QED) is 0.904. The van der Waals surface area contributed by atoms with Gasteiger partial charge >= 0.3 is 0 Å². The highest BCUT2D eigenvalue weighted by Crippen LogP contribution is 2.20. The number of carbonyl (C=O) groups excluding carboxylic acids is 2. The van der Waals surface area contributed by atoms with E-state index in [2.05, 4.69) is 24.4 Å². The summed E-state index contributed by atoms with van der Waals surface area (Å²) >= 11 is 0. The van der Waals surface area contributed by atoms with Crippen LogP contribution in [0.2, 0.25) is 0 Å². The molecule has 4 heteroatoms. The fraction of sp³-hybridized carbons (Fsp3) is 0.529. The minimum Gasteiger partial charge on any atom is -0.354 e. The Labute approximate surface area is 126 Å². The van der Waals surface area contributed by atoms with Crippen LogP contribution in [0.25, 0.3) is 0 Å². The number of hydrogen-bond acceptors (Lipinski definition) is 2. The van der Waals surface area contributed by atoms with E-state index in [0.29, 0.717) is 19.0 Å². The predicted octanol–water partition coefficient (Wildman–Crippen LogP) is 2.31. The van der Waals surface area contributed by atoms with Crippen LogP contribution in [0, 0.1) is 0 Å². The lowest BCUT2D eigenvalue weighted by Crippen LogP contribution is -2.46. The lowest BCUT2D eigenvalue weighted by atomic mass is 9.96. The minimum absolute atomic E-state index is 0.0113. The Balaban J connectivity index is 1.92. The van der Waals surface area contributed by atoms with Crippen LogP contribution in [-0.4, -0.2) is 35.8 Å². The average Bonchev–Trinajstić information content (AvgIpc) is 2.98. The summed E-state index contributed by atoms with van der Waals surface area (Å²) in [4.78, 5) is 25.5. The van der Waals surface area contributed by atoms with Crippen molar-refractivity contribution in [1.82, 2.24) is 10.2 Å². The number of amides is 2. The number of hydrogen-bond donors (Lipinski definition) is 1. The molecule has 1 saturated heterocycles. The first-order valence-electron chi connectivity index (χ1n) is 7.73. The molecule has 1 aliphatic heterocycles. The molecule has 1 aliphatic rings.